The molecule has 0 fully saturated rings. The fourth-order valence-corrected chi connectivity index (χ4v) is 6.01. The van der Waals surface area contributed by atoms with Gasteiger partial charge in [-0.2, -0.15) is 0 Å². The molecule has 0 saturated heterocycles. The van der Waals surface area contributed by atoms with Crippen LogP contribution in [-0.4, -0.2) is 43.8 Å². The van der Waals surface area contributed by atoms with E-state index in [4.69, 9.17) is 23.2 Å². The number of carbonyl (C=O) groups excluding carboxylic acids is 2. The Morgan fingerprint density at radius 2 is 1.60 bits per heavy atom. The van der Waals surface area contributed by atoms with Gasteiger partial charge in [-0.3, -0.25) is 13.9 Å². The van der Waals surface area contributed by atoms with Crippen LogP contribution in [-0.2, 0) is 26.2 Å². The second-order valence-corrected chi connectivity index (χ2v) is 12.6. The van der Waals surface area contributed by atoms with Crippen LogP contribution in [0.1, 0.15) is 43.9 Å². The van der Waals surface area contributed by atoms with Gasteiger partial charge >= 0.3 is 0 Å². The van der Waals surface area contributed by atoms with Crippen LogP contribution in [0.15, 0.2) is 71.6 Å². The molecular formula is C30H35Cl2N3O4S. The van der Waals surface area contributed by atoms with Crippen LogP contribution in [0.2, 0.25) is 10.0 Å². The maximum atomic E-state index is 14.0. The predicted octanol–water partition coefficient (Wildman–Crippen LogP) is 6.14. The molecule has 7 nitrogen and oxygen atoms in total. The van der Waals surface area contributed by atoms with Gasteiger partial charge in [0.1, 0.15) is 12.6 Å². The first-order chi connectivity index (χ1) is 18.8. The van der Waals surface area contributed by atoms with Crippen LogP contribution in [0.5, 0.6) is 0 Å². The molecule has 0 aliphatic carbocycles. The highest BCUT2D eigenvalue weighted by atomic mass is 35.5. The first-order valence-corrected chi connectivity index (χ1v) is 15.2. The molecule has 3 rings (SSSR count). The van der Waals surface area contributed by atoms with Gasteiger partial charge in [0.05, 0.1) is 10.6 Å². The topological polar surface area (TPSA) is 86.8 Å². The Kier molecular flexibility index (Phi) is 10.6. The summed E-state index contributed by atoms with van der Waals surface area (Å²) in [5.41, 5.74) is 2.43. The van der Waals surface area contributed by atoms with E-state index in [-0.39, 0.29) is 23.4 Å². The molecule has 2 amide bonds. The highest BCUT2D eigenvalue weighted by molar-refractivity contribution is 7.92. The van der Waals surface area contributed by atoms with Crippen molar-refractivity contribution in [3.8, 4) is 0 Å². The van der Waals surface area contributed by atoms with Gasteiger partial charge in [-0.15, -0.1) is 0 Å². The minimum atomic E-state index is -4.17. The average molecular weight is 605 g/mol. The molecule has 0 radical (unpaired) electrons. The number of benzene rings is 3. The van der Waals surface area contributed by atoms with Crippen molar-refractivity contribution in [2.75, 3.05) is 10.8 Å². The number of hydrogen-bond acceptors (Lipinski definition) is 4. The summed E-state index contributed by atoms with van der Waals surface area (Å²) >= 11 is 12.6. The number of nitrogens with one attached hydrogen (secondary N) is 1. The number of amides is 2. The van der Waals surface area contributed by atoms with Crippen molar-refractivity contribution >= 4 is 50.7 Å². The number of sulfonamides is 1. The van der Waals surface area contributed by atoms with E-state index in [1.54, 1.807) is 68.4 Å². The molecule has 0 aromatic heterocycles. The first kappa shape index (κ1) is 31.5. The number of hydrogen-bond donors (Lipinski definition) is 1. The lowest BCUT2D eigenvalue weighted by atomic mass is 10.1. The average Bonchev–Trinajstić information content (AvgIpc) is 2.91. The molecule has 0 aliphatic heterocycles. The van der Waals surface area contributed by atoms with Crippen molar-refractivity contribution in [2.45, 2.75) is 64.6 Å². The van der Waals surface area contributed by atoms with Gasteiger partial charge in [0.2, 0.25) is 11.8 Å². The maximum absolute atomic E-state index is 14.0. The Hall–Kier alpha value is -3.07. The Morgan fingerprint density at radius 1 is 0.950 bits per heavy atom. The lowest BCUT2D eigenvalue weighted by Crippen LogP contribution is -2.52. The number of aryl methyl sites for hydroxylation is 2. The molecular weight excluding hydrogens is 569 g/mol. The minimum absolute atomic E-state index is 0.0195. The molecule has 0 bridgehead atoms. The van der Waals surface area contributed by atoms with E-state index >= 15 is 0 Å². The number of anilines is 1. The Labute approximate surface area is 247 Å². The Morgan fingerprint density at radius 3 is 2.20 bits per heavy atom. The summed E-state index contributed by atoms with van der Waals surface area (Å²) in [5.74, 6) is -0.901. The summed E-state index contributed by atoms with van der Waals surface area (Å²) in [4.78, 5) is 28.6. The monoisotopic (exact) mass is 603 g/mol. The third-order valence-electron chi connectivity index (χ3n) is 6.78. The van der Waals surface area contributed by atoms with E-state index in [1.807, 2.05) is 20.8 Å². The maximum Gasteiger partial charge on any atom is 0.264 e. The third-order valence-corrected chi connectivity index (χ3v) is 9.16. The molecule has 3 aromatic rings. The van der Waals surface area contributed by atoms with E-state index in [1.165, 1.54) is 17.0 Å². The van der Waals surface area contributed by atoms with Gasteiger partial charge in [0, 0.05) is 22.6 Å². The molecule has 0 saturated carbocycles. The zero-order chi connectivity index (χ0) is 29.6. The zero-order valence-electron chi connectivity index (χ0n) is 23.3. The van der Waals surface area contributed by atoms with E-state index in [0.29, 0.717) is 26.9 Å². The smallest absolute Gasteiger partial charge is 0.264 e. The van der Waals surface area contributed by atoms with Crippen molar-refractivity contribution in [1.29, 1.82) is 0 Å². The number of halogens is 2. The second kappa shape index (κ2) is 13.5. The number of nitrogens with zero attached hydrogens (tertiary/aromatic N) is 2. The molecule has 0 spiro atoms. The van der Waals surface area contributed by atoms with Gasteiger partial charge < -0.3 is 10.2 Å². The first-order valence-electron chi connectivity index (χ1n) is 13.0. The summed E-state index contributed by atoms with van der Waals surface area (Å²) in [6, 6.07) is 17.3. The van der Waals surface area contributed by atoms with Gasteiger partial charge in [-0.25, -0.2) is 8.42 Å². The third kappa shape index (κ3) is 7.56. The van der Waals surface area contributed by atoms with Gasteiger partial charge in [-0.1, -0.05) is 66.0 Å². The Bertz CT molecular complexity index is 1460. The largest absolute Gasteiger partial charge is 0.352 e. The lowest BCUT2D eigenvalue weighted by Gasteiger charge is -2.33. The van der Waals surface area contributed by atoms with Gasteiger partial charge in [0.25, 0.3) is 10.0 Å². The summed E-state index contributed by atoms with van der Waals surface area (Å²) in [6.07, 6.45) is 0.718. The van der Waals surface area contributed by atoms with Crippen LogP contribution < -0.4 is 9.62 Å². The molecule has 3 aromatic carbocycles. The predicted molar refractivity (Wildman–Crippen MR) is 161 cm³/mol. The van der Waals surface area contributed by atoms with Crippen LogP contribution in [0.3, 0.4) is 0 Å². The zero-order valence-corrected chi connectivity index (χ0v) is 25.6. The van der Waals surface area contributed by atoms with Crippen molar-refractivity contribution in [1.82, 2.24) is 10.2 Å². The van der Waals surface area contributed by atoms with E-state index < -0.39 is 28.5 Å². The summed E-state index contributed by atoms with van der Waals surface area (Å²) < 4.78 is 29.0. The molecule has 214 valence electrons. The van der Waals surface area contributed by atoms with Crippen LogP contribution in [0.4, 0.5) is 5.69 Å². The van der Waals surface area contributed by atoms with Crippen LogP contribution in [0, 0.1) is 13.8 Å². The summed E-state index contributed by atoms with van der Waals surface area (Å²) in [6.45, 7) is 8.52. The minimum Gasteiger partial charge on any atom is -0.352 e. The standard InChI is InChI=1S/C30H35Cl2N3O4S/c1-6-22(4)33-30(37)23(5)34(18-24-9-7-8-10-27(24)32)29(36)19-35(28-16-13-25(31)17-21(28)3)40(38,39)26-14-11-20(2)12-15-26/h7-17,22-23H,6,18-19H2,1-5H3,(H,33,37)/t22-,23-/m0/s1. The Balaban J connectivity index is 2.07. The normalized spacial score (nSPS) is 12.9. The molecule has 0 heterocycles. The highest BCUT2D eigenvalue weighted by Crippen LogP contribution is 2.30. The fourth-order valence-electron chi connectivity index (χ4n) is 4.11. The highest BCUT2D eigenvalue weighted by Gasteiger charge is 2.33. The molecule has 1 N–H and O–H groups in total. The number of rotatable bonds is 11. The van der Waals surface area contributed by atoms with E-state index in [9.17, 15) is 18.0 Å². The summed E-state index contributed by atoms with van der Waals surface area (Å²) in [7, 11) is -4.17. The molecule has 2 atom stereocenters. The van der Waals surface area contributed by atoms with Crippen LogP contribution in [0.25, 0.3) is 0 Å². The van der Waals surface area contributed by atoms with E-state index in [0.717, 1.165) is 16.3 Å². The summed E-state index contributed by atoms with van der Waals surface area (Å²) in [5, 5.41) is 3.79. The van der Waals surface area contributed by atoms with Gasteiger partial charge in [0.15, 0.2) is 0 Å². The second-order valence-electron chi connectivity index (χ2n) is 9.86. The van der Waals surface area contributed by atoms with Crippen molar-refractivity contribution in [2.24, 2.45) is 0 Å². The fraction of sp³-hybridized carbons (Fsp3) is 0.333. The number of carbonyl (C=O) groups is 2. The quantitative estimate of drug-likeness (QED) is 0.285. The van der Waals surface area contributed by atoms with Crippen LogP contribution >= 0.6 is 23.2 Å². The van der Waals surface area contributed by atoms with E-state index in [2.05, 4.69) is 5.32 Å². The molecule has 40 heavy (non-hydrogen) atoms. The SMILES string of the molecule is CC[C@H](C)NC(=O)[C@H](C)N(Cc1ccccc1Cl)C(=O)CN(c1ccc(Cl)cc1C)S(=O)(=O)c1ccc(C)cc1. The van der Waals surface area contributed by atoms with Crippen molar-refractivity contribution in [3.05, 3.63) is 93.5 Å². The lowest BCUT2D eigenvalue weighted by molar-refractivity contribution is -0.139. The van der Waals surface area contributed by atoms with Crippen molar-refractivity contribution < 1.29 is 18.0 Å². The van der Waals surface area contributed by atoms with Crippen molar-refractivity contribution in [3.63, 3.8) is 0 Å². The molecule has 0 unspecified atom stereocenters. The molecule has 10 heteroatoms. The molecule has 0 aliphatic rings. The van der Waals surface area contributed by atoms with Gasteiger partial charge in [-0.05, 0) is 81.6 Å².